The Bertz CT molecular complexity index is 661. The number of oxime groups is 1. The minimum Gasteiger partial charge on any atom is -0.409 e. The number of benzene rings is 2. The van der Waals surface area contributed by atoms with E-state index in [1.807, 2.05) is 18.2 Å². The highest BCUT2D eigenvalue weighted by Crippen LogP contribution is 2.14. The fraction of sp³-hybridized carbons (Fsp3) is 0.133. The summed E-state index contributed by atoms with van der Waals surface area (Å²) in [5.74, 6) is -0.740. The average Bonchev–Trinajstić information content (AvgIpc) is 2.48. The molecule has 4 nitrogen and oxygen atoms in total. The molecule has 0 radical (unpaired) electrons. The second-order valence-corrected chi connectivity index (χ2v) is 4.93. The normalized spacial score (nSPS) is 11.6. The standard InChI is InChI=1S/C15H15ClFN3O/c16-12-5-1-3-10(7-12)8-19-9-11-4-2-6-13(14(11)17)15(18)20-21/h1-7,19,21H,8-9H2,(H2,18,20). The lowest BCUT2D eigenvalue weighted by Crippen LogP contribution is -2.18. The van der Waals surface area contributed by atoms with Crippen molar-refractivity contribution in [1.82, 2.24) is 5.32 Å². The van der Waals surface area contributed by atoms with Gasteiger partial charge in [0.25, 0.3) is 0 Å². The van der Waals surface area contributed by atoms with Crippen molar-refractivity contribution in [2.24, 2.45) is 10.9 Å². The predicted molar refractivity (Wildman–Crippen MR) is 80.9 cm³/mol. The quantitative estimate of drug-likeness (QED) is 0.344. The van der Waals surface area contributed by atoms with Crippen LogP contribution in [-0.4, -0.2) is 11.0 Å². The SMILES string of the molecule is N/C(=N/O)c1cccc(CNCc2cccc(Cl)c2)c1F. The predicted octanol–water partition coefficient (Wildman–Crippen LogP) is 2.86. The van der Waals surface area contributed by atoms with Gasteiger partial charge in [-0.25, -0.2) is 4.39 Å². The maximum Gasteiger partial charge on any atom is 0.173 e. The minimum atomic E-state index is -0.494. The topological polar surface area (TPSA) is 70.6 Å². The van der Waals surface area contributed by atoms with Gasteiger partial charge in [0, 0.05) is 23.7 Å². The van der Waals surface area contributed by atoms with Crippen LogP contribution in [0.3, 0.4) is 0 Å². The molecule has 0 heterocycles. The van der Waals surface area contributed by atoms with Crippen molar-refractivity contribution in [3.63, 3.8) is 0 Å². The molecule has 110 valence electrons. The number of nitrogens with one attached hydrogen (secondary N) is 1. The molecule has 6 heteroatoms. The van der Waals surface area contributed by atoms with Crippen LogP contribution in [0, 0.1) is 5.82 Å². The monoisotopic (exact) mass is 307 g/mol. The molecule has 0 bridgehead atoms. The summed E-state index contributed by atoms with van der Waals surface area (Å²) in [4.78, 5) is 0. The third kappa shape index (κ3) is 3.93. The van der Waals surface area contributed by atoms with Gasteiger partial charge in [-0.15, -0.1) is 0 Å². The van der Waals surface area contributed by atoms with Gasteiger partial charge < -0.3 is 16.3 Å². The summed E-state index contributed by atoms with van der Waals surface area (Å²) in [5.41, 5.74) is 6.96. The zero-order valence-corrected chi connectivity index (χ0v) is 11.9. The summed E-state index contributed by atoms with van der Waals surface area (Å²) >= 11 is 5.90. The highest BCUT2D eigenvalue weighted by molar-refractivity contribution is 6.30. The molecule has 0 spiro atoms. The number of nitrogens with zero attached hydrogens (tertiary/aromatic N) is 1. The third-order valence-corrected chi connectivity index (χ3v) is 3.23. The summed E-state index contributed by atoms with van der Waals surface area (Å²) in [7, 11) is 0. The van der Waals surface area contributed by atoms with E-state index in [0.717, 1.165) is 5.56 Å². The molecule has 0 saturated heterocycles. The van der Waals surface area contributed by atoms with Gasteiger partial charge in [-0.1, -0.05) is 41.0 Å². The fourth-order valence-electron chi connectivity index (χ4n) is 1.96. The van der Waals surface area contributed by atoms with Crippen molar-refractivity contribution in [2.75, 3.05) is 0 Å². The van der Waals surface area contributed by atoms with Gasteiger partial charge in [-0.2, -0.15) is 0 Å². The molecular weight excluding hydrogens is 293 g/mol. The average molecular weight is 308 g/mol. The number of hydrogen-bond donors (Lipinski definition) is 3. The second kappa shape index (κ2) is 7.06. The molecule has 2 rings (SSSR count). The van der Waals surface area contributed by atoms with Gasteiger partial charge in [-0.05, 0) is 23.8 Å². The van der Waals surface area contributed by atoms with E-state index < -0.39 is 5.82 Å². The van der Waals surface area contributed by atoms with Crippen LogP contribution in [0.25, 0.3) is 0 Å². The van der Waals surface area contributed by atoms with Gasteiger partial charge in [0.05, 0.1) is 5.56 Å². The molecule has 21 heavy (non-hydrogen) atoms. The summed E-state index contributed by atoms with van der Waals surface area (Å²) in [5, 5.41) is 15.2. The fourth-order valence-corrected chi connectivity index (χ4v) is 2.17. The Morgan fingerprint density at radius 1 is 1.24 bits per heavy atom. The van der Waals surface area contributed by atoms with Gasteiger partial charge in [0.2, 0.25) is 0 Å². The van der Waals surface area contributed by atoms with Gasteiger partial charge in [0.15, 0.2) is 5.84 Å². The molecule has 0 amide bonds. The third-order valence-electron chi connectivity index (χ3n) is 3.00. The lowest BCUT2D eigenvalue weighted by molar-refractivity contribution is 0.318. The Hall–Kier alpha value is -2.11. The summed E-state index contributed by atoms with van der Waals surface area (Å²) in [6.45, 7) is 0.888. The summed E-state index contributed by atoms with van der Waals surface area (Å²) in [6.07, 6.45) is 0. The minimum absolute atomic E-state index is 0.0829. The van der Waals surface area contributed by atoms with E-state index in [4.69, 9.17) is 22.5 Å². The molecule has 2 aromatic carbocycles. The maximum absolute atomic E-state index is 14.2. The first-order valence-electron chi connectivity index (χ1n) is 6.32. The number of hydrogen-bond acceptors (Lipinski definition) is 3. The molecule has 2 aromatic rings. The molecule has 0 saturated carbocycles. The first-order valence-corrected chi connectivity index (χ1v) is 6.70. The van der Waals surface area contributed by atoms with E-state index in [1.165, 1.54) is 6.07 Å². The van der Waals surface area contributed by atoms with Crippen molar-refractivity contribution in [3.8, 4) is 0 Å². The van der Waals surface area contributed by atoms with Crippen LogP contribution in [0.5, 0.6) is 0 Å². The van der Waals surface area contributed by atoms with E-state index in [-0.39, 0.29) is 11.4 Å². The zero-order chi connectivity index (χ0) is 15.2. The second-order valence-electron chi connectivity index (χ2n) is 4.50. The largest absolute Gasteiger partial charge is 0.409 e. The van der Waals surface area contributed by atoms with Crippen LogP contribution in [0.15, 0.2) is 47.6 Å². The Morgan fingerprint density at radius 2 is 2.00 bits per heavy atom. The van der Waals surface area contributed by atoms with Crippen LogP contribution >= 0.6 is 11.6 Å². The van der Waals surface area contributed by atoms with E-state index in [2.05, 4.69) is 10.5 Å². The number of halogens is 2. The molecule has 0 aliphatic heterocycles. The van der Waals surface area contributed by atoms with E-state index in [1.54, 1.807) is 18.2 Å². The van der Waals surface area contributed by atoms with Gasteiger partial charge >= 0.3 is 0 Å². The zero-order valence-electron chi connectivity index (χ0n) is 11.2. The van der Waals surface area contributed by atoms with E-state index in [0.29, 0.717) is 23.7 Å². The van der Waals surface area contributed by atoms with Crippen LogP contribution in [0.4, 0.5) is 4.39 Å². The summed E-state index contributed by atoms with van der Waals surface area (Å²) in [6, 6.07) is 12.2. The maximum atomic E-state index is 14.2. The number of rotatable bonds is 5. The molecule has 0 fully saturated rings. The molecule has 4 N–H and O–H groups in total. The van der Waals surface area contributed by atoms with Crippen LogP contribution < -0.4 is 11.1 Å². The summed E-state index contributed by atoms with van der Waals surface area (Å²) < 4.78 is 14.2. The van der Waals surface area contributed by atoms with Crippen LogP contribution in [-0.2, 0) is 13.1 Å². The molecule has 0 aliphatic rings. The van der Waals surface area contributed by atoms with E-state index >= 15 is 0 Å². The first-order chi connectivity index (χ1) is 10.1. The number of amidine groups is 1. The van der Waals surface area contributed by atoms with Crippen molar-refractivity contribution in [2.45, 2.75) is 13.1 Å². The van der Waals surface area contributed by atoms with Crippen molar-refractivity contribution >= 4 is 17.4 Å². The van der Waals surface area contributed by atoms with Crippen LogP contribution in [0.2, 0.25) is 5.02 Å². The van der Waals surface area contributed by atoms with Gasteiger partial charge in [-0.3, -0.25) is 0 Å². The van der Waals surface area contributed by atoms with E-state index in [9.17, 15) is 4.39 Å². The molecule has 0 unspecified atom stereocenters. The number of nitrogens with two attached hydrogens (primary N) is 1. The Morgan fingerprint density at radius 3 is 2.71 bits per heavy atom. The van der Waals surface area contributed by atoms with Crippen molar-refractivity contribution < 1.29 is 9.60 Å². The Kier molecular flexibility index (Phi) is 5.14. The molecular formula is C15H15ClFN3O. The van der Waals surface area contributed by atoms with Gasteiger partial charge in [0.1, 0.15) is 5.82 Å². The lowest BCUT2D eigenvalue weighted by atomic mass is 10.1. The Balaban J connectivity index is 2.04. The first kappa shape index (κ1) is 15.3. The Labute approximate surface area is 127 Å². The highest BCUT2D eigenvalue weighted by atomic mass is 35.5. The molecule has 0 aromatic heterocycles. The smallest absolute Gasteiger partial charge is 0.173 e. The molecule has 0 aliphatic carbocycles. The molecule has 0 atom stereocenters. The highest BCUT2D eigenvalue weighted by Gasteiger charge is 2.11. The van der Waals surface area contributed by atoms with Crippen molar-refractivity contribution in [3.05, 3.63) is 70.0 Å². The van der Waals surface area contributed by atoms with Crippen LogP contribution in [0.1, 0.15) is 16.7 Å². The van der Waals surface area contributed by atoms with Crippen molar-refractivity contribution in [1.29, 1.82) is 0 Å². The lowest BCUT2D eigenvalue weighted by Gasteiger charge is -2.09.